The molecule has 13 aromatic rings. The van der Waals surface area contributed by atoms with Crippen LogP contribution in [0.4, 0.5) is 17.1 Å². The van der Waals surface area contributed by atoms with E-state index in [1.165, 1.54) is 110 Å². The molecule has 0 amide bonds. The fourth-order valence-corrected chi connectivity index (χ4v) is 12.1. The van der Waals surface area contributed by atoms with Gasteiger partial charge >= 0.3 is 0 Å². The summed E-state index contributed by atoms with van der Waals surface area (Å²) < 4.78 is 2.43. The van der Waals surface area contributed by atoms with Crippen LogP contribution in [-0.2, 0) is 5.41 Å². The van der Waals surface area contributed by atoms with E-state index in [0.29, 0.717) is 0 Å². The maximum absolute atomic E-state index is 2.48. The van der Waals surface area contributed by atoms with Crippen LogP contribution >= 0.6 is 0 Å². The summed E-state index contributed by atoms with van der Waals surface area (Å²) in [4.78, 5) is 2.41. The SMILES string of the molecule is CC1(C)c2cc(-c3c4ccccc4c(-c4ccccc4)c4ccccc34)ccc2-c2ccc(N(c3ccccc3)c3ccc(-n4c5ccc(-c6ccccc6)cc5c5cc(-c6ccccc6)ccc54)cc3)cc21. The molecule has 1 aliphatic carbocycles. The first-order valence-electron chi connectivity index (χ1n) is 25.4. The quantitative estimate of drug-likeness (QED) is 0.138. The van der Waals surface area contributed by atoms with Crippen molar-refractivity contribution in [2.45, 2.75) is 19.3 Å². The lowest BCUT2D eigenvalue weighted by Crippen LogP contribution is -2.16. The van der Waals surface area contributed by atoms with E-state index in [9.17, 15) is 0 Å². The van der Waals surface area contributed by atoms with E-state index in [0.717, 1.165) is 22.7 Å². The summed E-state index contributed by atoms with van der Waals surface area (Å²) in [6, 6.07) is 98.3. The summed E-state index contributed by atoms with van der Waals surface area (Å²) in [6.45, 7) is 4.80. The molecule has 12 aromatic carbocycles. The molecule has 0 aliphatic heterocycles. The molecular formula is C71H50N2. The number of benzene rings is 12. The van der Waals surface area contributed by atoms with Gasteiger partial charge in [-0.15, -0.1) is 0 Å². The van der Waals surface area contributed by atoms with Gasteiger partial charge in [0.15, 0.2) is 0 Å². The number of anilines is 3. The van der Waals surface area contributed by atoms with Crippen molar-refractivity contribution in [3.63, 3.8) is 0 Å². The highest BCUT2D eigenvalue weighted by molar-refractivity contribution is 6.21. The average Bonchev–Trinajstić information content (AvgIpc) is 3.90. The molecule has 344 valence electrons. The molecular weight excluding hydrogens is 881 g/mol. The summed E-state index contributed by atoms with van der Waals surface area (Å²) >= 11 is 0. The minimum atomic E-state index is -0.254. The normalized spacial score (nSPS) is 12.6. The molecule has 1 heterocycles. The van der Waals surface area contributed by atoms with Crippen LogP contribution in [0.1, 0.15) is 25.0 Å². The second-order valence-electron chi connectivity index (χ2n) is 20.0. The molecule has 0 spiro atoms. The summed E-state index contributed by atoms with van der Waals surface area (Å²) in [5.74, 6) is 0. The smallest absolute Gasteiger partial charge is 0.0541 e. The third-order valence-electron chi connectivity index (χ3n) is 15.6. The van der Waals surface area contributed by atoms with Crippen LogP contribution in [0.2, 0.25) is 0 Å². The third kappa shape index (κ3) is 6.94. The first kappa shape index (κ1) is 42.6. The summed E-state index contributed by atoms with van der Waals surface area (Å²) in [6.07, 6.45) is 0. The maximum Gasteiger partial charge on any atom is 0.0541 e. The molecule has 0 saturated carbocycles. The molecule has 2 nitrogen and oxygen atoms in total. The van der Waals surface area contributed by atoms with Crippen LogP contribution in [0.15, 0.2) is 267 Å². The largest absolute Gasteiger partial charge is 0.310 e. The van der Waals surface area contributed by atoms with Crippen LogP contribution in [0, 0.1) is 0 Å². The van der Waals surface area contributed by atoms with E-state index < -0.39 is 0 Å². The molecule has 14 rings (SSSR count). The van der Waals surface area contributed by atoms with Crippen LogP contribution < -0.4 is 4.90 Å². The highest BCUT2D eigenvalue weighted by atomic mass is 15.1. The van der Waals surface area contributed by atoms with E-state index >= 15 is 0 Å². The first-order chi connectivity index (χ1) is 36.0. The Hall–Kier alpha value is -9.24. The number of hydrogen-bond acceptors (Lipinski definition) is 1. The lowest BCUT2D eigenvalue weighted by molar-refractivity contribution is 0.660. The van der Waals surface area contributed by atoms with Crippen molar-refractivity contribution in [2.75, 3.05) is 4.90 Å². The Morgan fingerprint density at radius 2 is 0.685 bits per heavy atom. The van der Waals surface area contributed by atoms with E-state index in [-0.39, 0.29) is 5.41 Å². The Balaban J connectivity index is 0.863. The zero-order valence-corrected chi connectivity index (χ0v) is 40.8. The minimum Gasteiger partial charge on any atom is -0.310 e. The monoisotopic (exact) mass is 930 g/mol. The molecule has 0 atom stereocenters. The third-order valence-corrected chi connectivity index (χ3v) is 15.6. The molecule has 0 unspecified atom stereocenters. The van der Waals surface area contributed by atoms with E-state index in [1.54, 1.807) is 0 Å². The van der Waals surface area contributed by atoms with Crippen LogP contribution in [0.5, 0.6) is 0 Å². The Morgan fingerprint density at radius 3 is 1.21 bits per heavy atom. The second-order valence-corrected chi connectivity index (χ2v) is 20.0. The van der Waals surface area contributed by atoms with Crippen molar-refractivity contribution >= 4 is 60.4 Å². The molecule has 0 saturated heterocycles. The summed E-state index contributed by atoms with van der Waals surface area (Å²) in [5, 5.41) is 7.56. The molecule has 0 bridgehead atoms. The van der Waals surface area contributed by atoms with Gasteiger partial charge in [0.2, 0.25) is 0 Å². The highest BCUT2D eigenvalue weighted by Gasteiger charge is 2.37. The zero-order chi connectivity index (χ0) is 48.6. The molecule has 0 radical (unpaired) electrons. The first-order valence-corrected chi connectivity index (χ1v) is 25.4. The second kappa shape index (κ2) is 17.0. The van der Waals surface area contributed by atoms with E-state index in [2.05, 4.69) is 290 Å². The van der Waals surface area contributed by atoms with Gasteiger partial charge in [0.05, 0.1) is 11.0 Å². The minimum absolute atomic E-state index is 0.254. The van der Waals surface area contributed by atoms with Gasteiger partial charge in [-0.3, -0.25) is 0 Å². The molecule has 2 heteroatoms. The summed E-state index contributed by atoms with van der Waals surface area (Å²) in [5.41, 5.74) is 21.8. The number of para-hydroxylation sites is 1. The fourth-order valence-electron chi connectivity index (χ4n) is 12.1. The maximum atomic E-state index is 2.48. The predicted molar refractivity (Wildman–Crippen MR) is 310 cm³/mol. The van der Waals surface area contributed by atoms with Gasteiger partial charge in [-0.2, -0.15) is 0 Å². The van der Waals surface area contributed by atoms with Gasteiger partial charge in [0.25, 0.3) is 0 Å². The van der Waals surface area contributed by atoms with Crippen molar-refractivity contribution < 1.29 is 0 Å². The van der Waals surface area contributed by atoms with Crippen molar-refractivity contribution in [1.29, 1.82) is 0 Å². The van der Waals surface area contributed by atoms with Crippen LogP contribution in [0.3, 0.4) is 0 Å². The molecule has 0 N–H and O–H groups in total. The number of aromatic nitrogens is 1. The van der Waals surface area contributed by atoms with Gasteiger partial charge in [-0.1, -0.05) is 202 Å². The fraction of sp³-hybridized carbons (Fsp3) is 0.0423. The molecule has 0 fully saturated rings. The molecule has 1 aliphatic rings. The Morgan fingerprint density at radius 1 is 0.288 bits per heavy atom. The van der Waals surface area contributed by atoms with E-state index in [1.807, 2.05) is 0 Å². The Kier molecular flexibility index (Phi) is 9.91. The lowest BCUT2D eigenvalue weighted by Gasteiger charge is -2.28. The molecule has 1 aromatic heterocycles. The van der Waals surface area contributed by atoms with Crippen LogP contribution in [-0.4, -0.2) is 4.57 Å². The number of rotatable bonds is 8. The average molecular weight is 931 g/mol. The Bertz CT molecular complexity index is 4090. The number of nitrogens with zero attached hydrogens (tertiary/aromatic N) is 2. The van der Waals surface area contributed by atoms with Gasteiger partial charge in [-0.25, -0.2) is 0 Å². The number of hydrogen-bond donors (Lipinski definition) is 0. The lowest BCUT2D eigenvalue weighted by atomic mass is 9.80. The standard InChI is InChI=1S/C71H50N2/c1-71(2)65-45-52(70-61-29-17-15-27-59(61)69(49-23-11-5-12-24-49)60-28-16-18-30-62(60)70)31-39-57(65)58-40-38-56(46-66(58)71)72(53-25-13-6-14-26-53)54-34-36-55(37-35-54)73-67-41-32-50(47-19-7-3-8-20-47)43-63(67)64-44-51(33-42-68(64)73)48-21-9-4-10-22-48/h3-46H,1-2H3. The van der Waals surface area contributed by atoms with Gasteiger partial charge in [0.1, 0.15) is 0 Å². The van der Waals surface area contributed by atoms with Crippen molar-refractivity contribution in [3.05, 3.63) is 278 Å². The van der Waals surface area contributed by atoms with Crippen molar-refractivity contribution in [2.24, 2.45) is 0 Å². The number of fused-ring (bicyclic) bond motifs is 8. The zero-order valence-electron chi connectivity index (χ0n) is 40.8. The van der Waals surface area contributed by atoms with Crippen molar-refractivity contribution in [1.82, 2.24) is 4.57 Å². The predicted octanol–water partition coefficient (Wildman–Crippen LogP) is 19.5. The van der Waals surface area contributed by atoms with Gasteiger partial charge < -0.3 is 9.47 Å². The Labute approximate surface area is 426 Å². The van der Waals surface area contributed by atoms with Crippen LogP contribution in [0.25, 0.3) is 105 Å². The summed E-state index contributed by atoms with van der Waals surface area (Å²) in [7, 11) is 0. The van der Waals surface area contributed by atoms with Gasteiger partial charge in [-0.05, 0) is 167 Å². The molecule has 73 heavy (non-hydrogen) atoms. The highest BCUT2D eigenvalue weighted by Crippen LogP contribution is 2.53. The van der Waals surface area contributed by atoms with E-state index in [4.69, 9.17) is 0 Å². The topological polar surface area (TPSA) is 8.17 Å². The van der Waals surface area contributed by atoms with Gasteiger partial charge in [0, 0.05) is 38.9 Å². The van der Waals surface area contributed by atoms with Crippen molar-refractivity contribution in [3.8, 4) is 61.3 Å².